The van der Waals surface area contributed by atoms with Crippen LogP contribution in [0.25, 0.3) is 23.2 Å². The van der Waals surface area contributed by atoms with Crippen LogP contribution in [0.5, 0.6) is 0 Å². The quantitative estimate of drug-likeness (QED) is 0.523. The van der Waals surface area contributed by atoms with Crippen LogP contribution in [0, 0.1) is 6.92 Å². The predicted molar refractivity (Wildman–Crippen MR) is 111 cm³/mol. The van der Waals surface area contributed by atoms with Crippen molar-refractivity contribution in [3.63, 3.8) is 0 Å². The van der Waals surface area contributed by atoms with E-state index >= 15 is 0 Å². The lowest BCUT2D eigenvalue weighted by molar-refractivity contribution is 0.381. The molecule has 6 rings (SSSR count). The third-order valence-electron chi connectivity index (χ3n) is 6.30. The van der Waals surface area contributed by atoms with Gasteiger partial charge in [-0.2, -0.15) is 4.98 Å². The first-order chi connectivity index (χ1) is 14.7. The Morgan fingerprint density at radius 2 is 2.03 bits per heavy atom. The van der Waals surface area contributed by atoms with Crippen LogP contribution in [0.3, 0.4) is 0 Å². The van der Waals surface area contributed by atoms with Crippen molar-refractivity contribution in [3.8, 4) is 23.2 Å². The van der Waals surface area contributed by atoms with Crippen LogP contribution >= 0.6 is 0 Å². The Hall–Kier alpha value is -3.62. The lowest BCUT2D eigenvalue weighted by atomic mass is 9.90. The fourth-order valence-electron chi connectivity index (χ4n) is 4.88. The summed E-state index contributed by atoms with van der Waals surface area (Å²) in [7, 11) is 0. The van der Waals surface area contributed by atoms with Gasteiger partial charge in [0.05, 0.1) is 6.20 Å². The molecule has 9 heteroatoms. The number of pyridine rings is 1. The fourth-order valence-corrected chi connectivity index (χ4v) is 4.88. The fraction of sp³-hybridized carbons (Fsp3) is 0.333. The van der Waals surface area contributed by atoms with E-state index < -0.39 is 0 Å². The molecule has 1 saturated heterocycles. The third kappa shape index (κ3) is 2.17. The van der Waals surface area contributed by atoms with Gasteiger partial charge in [-0.15, -0.1) is 10.2 Å². The van der Waals surface area contributed by atoms with E-state index in [0.29, 0.717) is 5.95 Å². The lowest BCUT2D eigenvalue weighted by Crippen LogP contribution is -2.47. The summed E-state index contributed by atoms with van der Waals surface area (Å²) in [5.74, 6) is 4.09. The Morgan fingerprint density at radius 1 is 1.10 bits per heavy atom. The van der Waals surface area contributed by atoms with Crippen molar-refractivity contribution in [2.75, 3.05) is 11.4 Å². The molecular formula is C21H21N9. The van der Waals surface area contributed by atoms with Crippen molar-refractivity contribution in [3.05, 3.63) is 54.6 Å². The molecule has 0 saturated carbocycles. The Labute approximate surface area is 173 Å². The minimum absolute atomic E-state index is 0.168. The first kappa shape index (κ1) is 17.3. The zero-order valence-electron chi connectivity index (χ0n) is 16.9. The second-order valence-corrected chi connectivity index (χ2v) is 7.76. The van der Waals surface area contributed by atoms with E-state index in [2.05, 4.69) is 41.5 Å². The highest BCUT2D eigenvalue weighted by Gasteiger charge is 2.50. The SMILES string of the molecule is CC[C@@]12CCCN1c1nc(-n3ccnc3-c3ccccn3)ncc1-n1c(C)nnc12. The van der Waals surface area contributed by atoms with Crippen molar-refractivity contribution in [2.45, 2.75) is 38.6 Å². The van der Waals surface area contributed by atoms with E-state index in [1.165, 1.54) is 0 Å². The molecule has 150 valence electrons. The van der Waals surface area contributed by atoms with E-state index in [1.54, 1.807) is 12.4 Å². The van der Waals surface area contributed by atoms with E-state index in [0.717, 1.165) is 60.5 Å². The van der Waals surface area contributed by atoms with Crippen molar-refractivity contribution in [2.24, 2.45) is 0 Å². The van der Waals surface area contributed by atoms with Gasteiger partial charge in [0.25, 0.3) is 0 Å². The maximum absolute atomic E-state index is 5.03. The van der Waals surface area contributed by atoms with Crippen molar-refractivity contribution in [1.29, 1.82) is 0 Å². The second-order valence-electron chi connectivity index (χ2n) is 7.76. The van der Waals surface area contributed by atoms with Gasteiger partial charge in [0, 0.05) is 25.1 Å². The molecule has 1 atom stereocenters. The Kier molecular flexibility index (Phi) is 3.56. The van der Waals surface area contributed by atoms with Crippen LogP contribution in [0.2, 0.25) is 0 Å². The van der Waals surface area contributed by atoms with E-state index in [9.17, 15) is 0 Å². The largest absolute Gasteiger partial charge is 0.342 e. The molecule has 4 aromatic heterocycles. The third-order valence-corrected chi connectivity index (χ3v) is 6.30. The minimum Gasteiger partial charge on any atom is -0.342 e. The predicted octanol–water partition coefficient (Wildman–Crippen LogP) is 2.83. The van der Waals surface area contributed by atoms with Crippen LogP contribution < -0.4 is 4.90 Å². The molecule has 0 unspecified atom stereocenters. The van der Waals surface area contributed by atoms with Crippen LogP contribution in [-0.4, -0.2) is 45.8 Å². The molecule has 0 N–H and O–H groups in total. The van der Waals surface area contributed by atoms with Gasteiger partial charge < -0.3 is 4.90 Å². The molecule has 0 aromatic carbocycles. The number of anilines is 1. The monoisotopic (exact) mass is 399 g/mol. The van der Waals surface area contributed by atoms with Gasteiger partial charge in [0.1, 0.15) is 22.7 Å². The molecule has 0 amide bonds. The number of aromatic nitrogens is 8. The number of rotatable bonds is 3. The van der Waals surface area contributed by atoms with Crippen molar-refractivity contribution in [1.82, 2.24) is 39.3 Å². The molecule has 30 heavy (non-hydrogen) atoms. The van der Waals surface area contributed by atoms with Gasteiger partial charge in [-0.3, -0.25) is 14.1 Å². The maximum atomic E-state index is 5.03. The zero-order valence-corrected chi connectivity index (χ0v) is 16.9. The normalized spacial score (nSPS) is 19.5. The average molecular weight is 399 g/mol. The highest BCUT2D eigenvalue weighted by molar-refractivity contribution is 5.65. The summed E-state index contributed by atoms with van der Waals surface area (Å²) in [4.78, 5) is 21.0. The summed E-state index contributed by atoms with van der Waals surface area (Å²) in [6.07, 6.45) is 10.4. The van der Waals surface area contributed by atoms with E-state index in [-0.39, 0.29) is 5.54 Å². The van der Waals surface area contributed by atoms with Gasteiger partial charge in [-0.1, -0.05) is 13.0 Å². The molecule has 0 bridgehead atoms. The van der Waals surface area contributed by atoms with Crippen molar-refractivity contribution < 1.29 is 0 Å². The lowest BCUT2D eigenvalue weighted by Gasteiger charge is -2.42. The van der Waals surface area contributed by atoms with Gasteiger partial charge in [-0.05, 0) is 38.3 Å². The first-order valence-corrected chi connectivity index (χ1v) is 10.3. The smallest absolute Gasteiger partial charge is 0.237 e. The summed E-state index contributed by atoms with van der Waals surface area (Å²) in [6.45, 7) is 5.15. The number of imidazole rings is 1. The number of nitrogens with zero attached hydrogens (tertiary/aromatic N) is 9. The molecule has 0 radical (unpaired) electrons. The summed E-state index contributed by atoms with van der Waals surface area (Å²) in [5.41, 5.74) is 1.55. The minimum atomic E-state index is -0.168. The standard InChI is InChI=1S/C21H21N9/c1-3-21-8-6-11-29(21)18-16(30-14(2)26-27-19(21)30)13-24-20(25-18)28-12-10-23-17(28)15-7-4-5-9-22-15/h4-5,7,9-10,12-13H,3,6,8,11H2,1-2H3/t21-/m0/s1. The zero-order chi connectivity index (χ0) is 20.3. The summed E-state index contributed by atoms with van der Waals surface area (Å²) in [6, 6.07) is 5.78. The van der Waals surface area contributed by atoms with Gasteiger partial charge in [0.2, 0.25) is 5.95 Å². The molecule has 9 nitrogen and oxygen atoms in total. The molecule has 0 spiro atoms. The number of aryl methyl sites for hydroxylation is 1. The molecule has 2 aliphatic rings. The number of hydrogen-bond donors (Lipinski definition) is 0. The maximum Gasteiger partial charge on any atom is 0.237 e. The Morgan fingerprint density at radius 3 is 2.87 bits per heavy atom. The van der Waals surface area contributed by atoms with Gasteiger partial charge in [0.15, 0.2) is 17.5 Å². The summed E-state index contributed by atoms with van der Waals surface area (Å²) >= 11 is 0. The van der Waals surface area contributed by atoms with Crippen LogP contribution in [0.4, 0.5) is 5.82 Å². The van der Waals surface area contributed by atoms with Crippen LogP contribution in [0.15, 0.2) is 43.0 Å². The number of fused-ring (bicyclic) bond motifs is 6. The van der Waals surface area contributed by atoms with E-state index in [4.69, 9.17) is 4.98 Å². The Balaban J connectivity index is 1.55. The highest BCUT2D eigenvalue weighted by atomic mass is 15.4. The first-order valence-electron chi connectivity index (χ1n) is 10.3. The van der Waals surface area contributed by atoms with Crippen LogP contribution in [-0.2, 0) is 5.54 Å². The molecule has 1 fully saturated rings. The van der Waals surface area contributed by atoms with Gasteiger partial charge >= 0.3 is 0 Å². The van der Waals surface area contributed by atoms with E-state index in [1.807, 2.05) is 42.1 Å². The Bertz CT molecular complexity index is 1240. The molecule has 0 aliphatic carbocycles. The second kappa shape index (κ2) is 6.19. The molecular weight excluding hydrogens is 378 g/mol. The summed E-state index contributed by atoms with van der Waals surface area (Å²) in [5, 5.41) is 8.94. The highest BCUT2D eigenvalue weighted by Crippen LogP contribution is 2.49. The van der Waals surface area contributed by atoms with Crippen LogP contribution in [0.1, 0.15) is 37.8 Å². The van der Waals surface area contributed by atoms with Gasteiger partial charge in [-0.25, -0.2) is 9.97 Å². The molecule has 4 aromatic rings. The number of hydrogen-bond acceptors (Lipinski definition) is 7. The molecule has 2 aliphatic heterocycles. The topological polar surface area (TPSA) is 90.4 Å². The molecule has 6 heterocycles. The average Bonchev–Trinajstić information content (AvgIpc) is 3.52. The van der Waals surface area contributed by atoms with Crippen molar-refractivity contribution >= 4 is 5.82 Å². The summed E-state index contributed by atoms with van der Waals surface area (Å²) < 4.78 is 4.01.